The summed E-state index contributed by atoms with van der Waals surface area (Å²) in [6.45, 7) is 1.27. The largest absolute Gasteiger partial charge is 0.573 e. The molecule has 1 aromatic rings. The van der Waals surface area contributed by atoms with Crippen molar-refractivity contribution in [2.45, 2.75) is 44.1 Å². The minimum absolute atomic E-state index is 0.000187. The number of hydrogen-bond donors (Lipinski definition) is 1. The molecule has 0 saturated carbocycles. The Morgan fingerprint density at radius 1 is 1.30 bits per heavy atom. The first kappa shape index (κ1) is 19.7. The lowest BCUT2D eigenvalue weighted by Crippen LogP contribution is -2.49. The van der Waals surface area contributed by atoms with Crippen LogP contribution in [0.1, 0.15) is 32.1 Å². The molecule has 0 aliphatic carbocycles. The van der Waals surface area contributed by atoms with Crippen LogP contribution < -0.4 is 9.64 Å². The molecule has 1 spiro atoms. The minimum atomic E-state index is -4.83. The Bertz CT molecular complexity index is 676. The Kier molecular flexibility index (Phi) is 5.50. The van der Waals surface area contributed by atoms with Gasteiger partial charge in [0.15, 0.2) is 0 Å². The molecule has 2 saturated heterocycles. The molecule has 0 bridgehead atoms. The van der Waals surface area contributed by atoms with Crippen molar-refractivity contribution in [3.05, 3.63) is 24.0 Å². The van der Waals surface area contributed by atoms with Crippen LogP contribution in [0.2, 0.25) is 0 Å². The van der Waals surface area contributed by atoms with Gasteiger partial charge in [-0.15, -0.1) is 13.2 Å². The number of hydrogen-bond acceptors (Lipinski definition) is 4. The molecule has 2 fully saturated rings. The molecular weight excluding hydrogens is 370 g/mol. The highest BCUT2D eigenvalue weighted by molar-refractivity contribution is 5.67. The summed E-state index contributed by atoms with van der Waals surface area (Å²) in [5, 5.41) is 8.87. The lowest BCUT2D eigenvalue weighted by molar-refractivity contribution is -0.274. The van der Waals surface area contributed by atoms with Gasteiger partial charge in [-0.25, -0.2) is 4.39 Å². The van der Waals surface area contributed by atoms with Gasteiger partial charge in [-0.05, 0) is 43.7 Å². The Morgan fingerprint density at radius 2 is 2.00 bits per heavy atom. The van der Waals surface area contributed by atoms with Gasteiger partial charge in [-0.3, -0.25) is 4.79 Å². The topological polar surface area (TPSA) is 59.0 Å². The van der Waals surface area contributed by atoms with E-state index in [0.717, 1.165) is 31.0 Å². The third-order valence-corrected chi connectivity index (χ3v) is 5.26. The van der Waals surface area contributed by atoms with Crippen molar-refractivity contribution < 1.29 is 36.9 Å². The van der Waals surface area contributed by atoms with Crippen molar-refractivity contribution in [3.63, 3.8) is 0 Å². The van der Waals surface area contributed by atoms with Gasteiger partial charge < -0.3 is 19.5 Å². The fourth-order valence-electron chi connectivity index (χ4n) is 3.81. The van der Waals surface area contributed by atoms with E-state index < -0.39 is 23.9 Å². The molecule has 9 heteroatoms. The van der Waals surface area contributed by atoms with Gasteiger partial charge in [-0.1, -0.05) is 0 Å². The molecule has 2 heterocycles. The number of carboxylic acid groups (broad SMARTS) is 1. The number of aliphatic carboxylic acids is 1. The molecule has 5 nitrogen and oxygen atoms in total. The fraction of sp³-hybridized carbons (Fsp3) is 0.611. The average molecular weight is 391 g/mol. The number of piperidine rings is 1. The highest BCUT2D eigenvalue weighted by Gasteiger charge is 2.40. The molecule has 0 unspecified atom stereocenters. The molecule has 2 aliphatic heterocycles. The van der Waals surface area contributed by atoms with E-state index in [1.54, 1.807) is 4.90 Å². The van der Waals surface area contributed by atoms with Crippen molar-refractivity contribution in [3.8, 4) is 5.75 Å². The first-order chi connectivity index (χ1) is 12.7. The van der Waals surface area contributed by atoms with Gasteiger partial charge in [0.25, 0.3) is 0 Å². The number of benzene rings is 1. The average Bonchev–Trinajstić information content (AvgIpc) is 2.58. The van der Waals surface area contributed by atoms with Gasteiger partial charge in [0.1, 0.15) is 11.6 Å². The molecule has 0 amide bonds. The summed E-state index contributed by atoms with van der Waals surface area (Å²) in [5.74, 6) is -1.90. The lowest BCUT2D eigenvalue weighted by atomic mass is 9.81. The second kappa shape index (κ2) is 7.53. The van der Waals surface area contributed by atoms with Crippen molar-refractivity contribution >= 4 is 11.7 Å². The first-order valence-electron chi connectivity index (χ1n) is 8.82. The van der Waals surface area contributed by atoms with Crippen LogP contribution in [0.5, 0.6) is 5.75 Å². The van der Waals surface area contributed by atoms with Crippen LogP contribution in [0.3, 0.4) is 0 Å². The second-order valence-electron chi connectivity index (χ2n) is 7.14. The summed E-state index contributed by atoms with van der Waals surface area (Å²) in [7, 11) is 0. The van der Waals surface area contributed by atoms with Crippen LogP contribution >= 0.6 is 0 Å². The van der Waals surface area contributed by atoms with E-state index in [1.165, 1.54) is 0 Å². The van der Waals surface area contributed by atoms with E-state index in [9.17, 15) is 22.4 Å². The van der Waals surface area contributed by atoms with E-state index >= 15 is 0 Å². The van der Waals surface area contributed by atoms with Crippen molar-refractivity contribution in [1.82, 2.24) is 0 Å². The zero-order valence-corrected chi connectivity index (χ0v) is 14.6. The number of ether oxygens (including phenoxy) is 2. The van der Waals surface area contributed by atoms with E-state index in [0.29, 0.717) is 32.5 Å². The SMILES string of the molecule is O=C(O)C[C@@H]1CCC2(CCN(c3cc(OC(F)(F)F)ccc3F)CC2)OC1. The van der Waals surface area contributed by atoms with Crippen LogP contribution in [0.25, 0.3) is 0 Å². The number of rotatable bonds is 4. The van der Waals surface area contributed by atoms with Crippen molar-refractivity contribution in [1.29, 1.82) is 0 Å². The molecule has 2 aliphatic rings. The lowest BCUT2D eigenvalue weighted by Gasteiger charge is -2.46. The summed E-state index contributed by atoms with van der Waals surface area (Å²) in [6, 6.07) is 2.98. The monoisotopic (exact) mass is 391 g/mol. The third-order valence-electron chi connectivity index (χ3n) is 5.26. The molecule has 0 radical (unpaired) electrons. The Morgan fingerprint density at radius 3 is 2.56 bits per heavy atom. The summed E-state index contributed by atoms with van der Waals surface area (Å²) in [6.07, 6.45) is -2.04. The smallest absolute Gasteiger partial charge is 0.481 e. The van der Waals surface area contributed by atoms with Crippen LogP contribution in [-0.2, 0) is 9.53 Å². The molecule has 0 aromatic heterocycles. The maximum absolute atomic E-state index is 14.1. The first-order valence-corrected chi connectivity index (χ1v) is 8.82. The normalized spacial score (nSPS) is 22.7. The van der Waals surface area contributed by atoms with Crippen molar-refractivity contribution in [2.75, 3.05) is 24.6 Å². The quantitative estimate of drug-likeness (QED) is 0.788. The van der Waals surface area contributed by atoms with E-state index in [-0.39, 0.29) is 23.6 Å². The number of carboxylic acids is 1. The number of anilines is 1. The predicted octanol–water partition coefficient (Wildman–Crippen LogP) is 3.96. The number of halogens is 4. The van der Waals surface area contributed by atoms with Crippen molar-refractivity contribution in [2.24, 2.45) is 5.92 Å². The Labute approximate surface area is 153 Å². The highest BCUT2D eigenvalue weighted by Crippen LogP contribution is 2.39. The molecule has 27 heavy (non-hydrogen) atoms. The van der Waals surface area contributed by atoms with Crippen LogP contribution in [0.15, 0.2) is 18.2 Å². The molecule has 1 aromatic carbocycles. The summed E-state index contributed by atoms with van der Waals surface area (Å²) in [4.78, 5) is 12.5. The number of alkyl halides is 3. The van der Waals surface area contributed by atoms with Crippen LogP contribution in [0.4, 0.5) is 23.2 Å². The van der Waals surface area contributed by atoms with E-state index in [1.807, 2.05) is 0 Å². The zero-order valence-electron chi connectivity index (χ0n) is 14.6. The molecule has 1 N–H and O–H groups in total. The standard InChI is InChI=1S/C18H21F4NO4/c19-14-2-1-13(27-18(20,21)22)10-15(14)23-7-5-17(6-8-23)4-3-12(11-26-17)9-16(24)25/h1-2,10,12H,3-9,11H2,(H,24,25)/t12-/m0/s1. The zero-order chi connectivity index (χ0) is 19.7. The maximum atomic E-state index is 14.1. The summed E-state index contributed by atoms with van der Waals surface area (Å²) >= 11 is 0. The van der Waals surface area contributed by atoms with E-state index in [4.69, 9.17) is 9.84 Å². The predicted molar refractivity (Wildman–Crippen MR) is 88.2 cm³/mol. The van der Waals surface area contributed by atoms with Gasteiger partial charge in [0.2, 0.25) is 0 Å². The maximum Gasteiger partial charge on any atom is 0.573 e. The Hall–Kier alpha value is -2.03. The number of carbonyl (C=O) groups is 1. The molecular formula is C18H21F4NO4. The van der Waals surface area contributed by atoms with Gasteiger partial charge >= 0.3 is 12.3 Å². The van der Waals surface area contributed by atoms with E-state index in [2.05, 4.69) is 4.74 Å². The highest BCUT2D eigenvalue weighted by atomic mass is 19.4. The van der Waals surface area contributed by atoms with Gasteiger partial charge in [0, 0.05) is 19.2 Å². The summed E-state index contributed by atoms with van der Waals surface area (Å²) < 4.78 is 61.1. The fourth-order valence-corrected chi connectivity index (χ4v) is 3.81. The van der Waals surface area contributed by atoms with Gasteiger partial charge in [-0.2, -0.15) is 0 Å². The molecule has 3 rings (SSSR count). The molecule has 150 valence electrons. The Balaban J connectivity index is 1.61. The number of nitrogens with zero attached hydrogens (tertiary/aromatic N) is 1. The van der Waals surface area contributed by atoms with Crippen LogP contribution in [0, 0.1) is 11.7 Å². The van der Waals surface area contributed by atoms with Crippen LogP contribution in [-0.4, -0.2) is 42.7 Å². The third kappa shape index (κ3) is 5.03. The second-order valence-corrected chi connectivity index (χ2v) is 7.14. The summed E-state index contributed by atoms with van der Waals surface area (Å²) in [5.41, 5.74) is -0.284. The minimum Gasteiger partial charge on any atom is -0.481 e. The molecule has 1 atom stereocenters. The van der Waals surface area contributed by atoms with Gasteiger partial charge in [0.05, 0.1) is 24.3 Å².